The van der Waals surface area contributed by atoms with Crippen LogP contribution in [0, 0.1) is 0 Å². The van der Waals surface area contributed by atoms with Crippen molar-refractivity contribution in [3.63, 3.8) is 0 Å². The fourth-order valence-electron chi connectivity index (χ4n) is 1.97. The summed E-state index contributed by atoms with van der Waals surface area (Å²) < 4.78 is 11.7. The topological polar surface area (TPSA) is 120 Å². The van der Waals surface area contributed by atoms with E-state index in [1.54, 1.807) is 0 Å². The number of rotatable bonds is 3. The lowest BCUT2D eigenvalue weighted by Gasteiger charge is -2.20. The molecule has 0 spiro atoms. The highest BCUT2D eigenvalue weighted by molar-refractivity contribution is 5.23. The minimum Gasteiger partial charge on any atom is -0.394 e. The number of methoxy groups -OCH3 is 1. The lowest BCUT2D eigenvalue weighted by Crippen LogP contribution is -2.37. The van der Waals surface area contributed by atoms with Crippen molar-refractivity contribution >= 4 is 5.82 Å². The molecule has 1 aliphatic rings. The van der Waals surface area contributed by atoms with E-state index in [9.17, 15) is 9.90 Å². The highest BCUT2D eigenvalue weighted by Gasteiger charge is 2.45. The molecule has 8 nitrogen and oxygen atoms in total. The number of nitrogens with two attached hydrogens (primary N) is 1. The van der Waals surface area contributed by atoms with Gasteiger partial charge in [0.2, 0.25) is 0 Å². The van der Waals surface area contributed by atoms with E-state index in [2.05, 4.69) is 4.98 Å². The molecule has 1 saturated heterocycles. The van der Waals surface area contributed by atoms with E-state index in [1.165, 1.54) is 23.9 Å². The number of hydrogen-bond donors (Lipinski definition) is 3. The maximum absolute atomic E-state index is 11.7. The van der Waals surface area contributed by atoms with Crippen molar-refractivity contribution in [1.82, 2.24) is 9.55 Å². The van der Waals surface area contributed by atoms with Crippen LogP contribution in [0.1, 0.15) is 6.23 Å². The fraction of sp³-hybridized carbons (Fsp3) is 0.600. The van der Waals surface area contributed by atoms with Crippen molar-refractivity contribution in [1.29, 1.82) is 0 Å². The van der Waals surface area contributed by atoms with Crippen LogP contribution in [0.3, 0.4) is 0 Å². The van der Waals surface area contributed by atoms with Gasteiger partial charge < -0.3 is 25.4 Å². The molecule has 0 aliphatic carbocycles. The number of aliphatic hydroxyl groups is 2. The van der Waals surface area contributed by atoms with Crippen molar-refractivity contribution in [2.24, 2.45) is 0 Å². The third-order valence-electron chi connectivity index (χ3n) is 2.89. The van der Waals surface area contributed by atoms with Crippen LogP contribution in [-0.2, 0) is 9.47 Å². The Labute approximate surface area is 103 Å². The number of ether oxygens (including phenoxy) is 2. The molecular formula is C10H15N3O5. The van der Waals surface area contributed by atoms with E-state index >= 15 is 0 Å². The summed E-state index contributed by atoms with van der Waals surface area (Å²) in [7, 11) is 1.39. The second-order valence-corrected chi connectivity index (χ2v) is 3.98. The first kappa shape index (κ1) is 13.0. The van der Waals surface area contributed by atoms with Crippen LogP contribution in [0.15, 0.2) is 17.1 Å². The van der Waals surface area contributed by atoms with E-state index < -0.39 is 30.2 Å². The van der Waals surface area contributed by atoms with Gasteiger partial charge >= 0.3 is 5.69 Å². The van der Waals surface area contributed by atoms with Gasteiger partial charge in [0.25, 0.3) is 0 Å². The van der Waals surface area contributed by atoms with Gasteiger partial charge in [0, 0.05) is 13.3 Å². The normalized spacial score (nSPS) is 31.7. The molecule has 0 aromatic carbocycles. The van der Waals surface area contributed by atoms with Crippen LogP contribution < -0.4 is 11.4 Å². The molecule has 4 N–H and O–H groups in total. The van der Waals surface area contributed by atoms with Crippen LogP contribution in [0.2, 0.25) is 0 Å². The Morgan fingerprint density at radius 2 is 2.39 bits per heavy atom. The van der Waals surface area contributed by atoms with E-state index in [0.717, 1.165) is 0 Å². The fourth-order valence-corrected chi connectivity index (χ4v) is 1.97. The van der Waals surface area contributed by atoms with Crippen molar-refractivity contribution in [3.8, 4) is 0 Å². The first-order valence-electron chi connectivity index (χ1n) is 5.40. The molecule has 1 fully saturated rings. The Bertz CT molecular complexity index is 477. The summed E-state index contributed by atoms with van der Waals surface area (Å²) in [6.07, 6.45) is -2.01. The van der Waals surface area contributed by atoms with Gasteiger partial charge in [-0.3, -0.25) is 4.57 Å². The molecule has 1 aromatic heterocycles. The number of nitrogens with zero attached hydrogens (tertiary/aromatic N) is 2. The molecule has 2 rings (SSSR count). The van der Waals surface area contributed by atoms with E-state index in [4.69, 9.17) is 20.3 Å². The zero-order chi connectivity index (χ0) is 13.3. The smallest absolute Gasteiger partial charge is 0.351 e. The van der Waals surface area contributed by atoms with Crippen LogP contribution >= 0.6 is 0 Å². The molecule has 18 heavy (non-hydrogen) atoms. The Balaban J connectivity index is 2.35. The largest absolute Gasteiger partial charge is 0.394 e. The van der Waals surface area contributed by atoms with Crippen molar-refractivity contribution in [3.05, 3.63) is 22.7 Å². The van der Waals surface area contributed by atoms with Gasteiger partial charge in [0.05, 0.1) is 6.61 Å². The number of aliphatic hydroxyl groups excluding tert-OH is 2. The molecular weight excluding hydrogens is 242 g/mol. The predicted octanol–water partition coefficient (Wildman–Crippen LogP) is -1.91. The summed E-state index contributed by atoms with van der Waals surface area (Å²) in [6.45, 7) is -0.366. The van der Waals surface area contributed by atoms with Gasteiger partial charge in [0.15, 0.2) is 6.23 Å². The van der Waals surface area contributed by atoms with Gasteiger partial charge in [0.1, 0.15) is 24.1 Å². The lowest BCUT2D eigenvalue weighted by molar-refractivity contribution is -0.0624. The maximum atomic E-state index is 11.7. The second kappa shape index (κ2) is 5.02. The van der Waals surface area contributed by atoms with Crippen LogP contribution in [0.4, 0.5) is 5.82 Å². The molecule has 100 valence electrons. The number of anilines is 1. The van der Waals surface area contributed by atoms with Gasteiger partial charge in [-0.15, -0.1) is 0 Å². The molecule has 1 aromatic rings. The van der Waals surface area contributed by atoms with E-state index in [1.807, 2.05) is 0 Å². The average Bonchev–Trinajstić information content (AvgIpc) is 2.65. The van der Waals surface area contributed by atoms with Gasteiger partial charge in [-0.05, 0) is 6.07 Å². The number of hydrogen-bond acceptors (Lipinski definition) is 7. The highest BCUT2D eigenvalue weighted by Crippen LogP contribution is 2.30. The minimum atomic E-state index is -1.02. The standard InChI is InChI=1S/C10H15N3O5/c1-17-8-7(15)5(4-14)18-9(8)13-3-2-6(11)12-10(13)16/h2-3,5,7-9,14-15H,4H2,1H3,(H2,11,12,16)/t5-,7+,8+,9-/m0/s1. The zero-order valence-corrected chi connectivity index (χ0v) is 9.76. The Hall–Kier alpha value is -1.48. The molecule has 0 bridgehead atoms. The predicted molar refractivity (Wildman–Crippen MR) is 60.7 cm³/mol. The summed E-state index contributed by atoms with van der Waals surface area (Å²) in [6, 6.07) is 1.44. The molecule has 4 atom stereocenters. The van der Waals surface area contributed by atoms with E-state index in [-0.39, 0.29) is 12.4 Å². The van der Waals surface area contributed by atoms with Gasteiger partial charge in [-0.25, -0.2) is 4.79 Å². The summed E-state index contributed by atoms with van der Waals surface area (Å²) in [4.78, 5) is 15.3. The lowest BCUT2D eigenvalue weighted by atomic mass is 10.1. The van der Waals surface area contributed by atoms with Crippen LogP contribution in [0.25, 0.3) is 0 Å². The number of aromatic nitrogens is 2. The Kier molecular flexibility index (Phi) is 3.62. The monoisotopic (exact) mass is 257 g/mol. The zero-order valence-electron chi connectivity index (χ0n) is 9.76. The summed E-state index contributed by atoms with van der Waals surface area (Å²) in [5, 5.41) is 18.9. The SMILES string of the molecule is CO[C@@H]1[C@H](O)[C@H](CO)O[C@@H]1n1ccc(N)nc1=O. The summed E-state index contributed by atoms with van der Waals surface area (Å²) in [5.41, 5.74) is 4.78. The highest BCUT2D eigenvalue weighted by atomic mass is 16.6. The molecule has 2 heterocycles. The van der Waals surface area contributed by atoms with Crippen molar-refractivity contribution in [2.45, 2.75) is 24.5 Å². The van der Waals surface area contributed by atoms with Crippen LogP contribution in [-0.4, -0.2) is 51.8 Å². The maximum Gasteiger partial charge on any atom is 0.351 e. The molecule has 0 amide bonds. The first-order chi connectivity index (χ1) is 8.58. The third kappa shape index (κ3) is 2.10. The molecule has 1 aliphatic heterocycles. The quantitative estimate of drug-likeness (QED) is 0.578. The molecule has 0 unspecified atom stereocenters. The second-order valence-electron chi connectivity index (χ2n) is 3.98. The molecule has 0 saturated carbocycles. The first-order valence-corrected chi connectivity index (χ1v) is 5.40. The van der Waals surface area contributed by atoms with E-state index in [0.29, 0.717) is 0 Å². The van der Waals surface area contributed by atoms with Crippen LogP contribution in [0.5, 0.6) is 0 Å². The average molecular weight is 257 g/mol. The van der Waals surface area contributed by atoms with Gasteiger partial charge in [-0.2, -0.15) is 4.98 Å². The summed E-state index contributed by atoms with van der Waals surface area (Å²) in [5.74, 6) is 0.0995. The Morgan fingerprint density at radius 1 is 1.67 bits per heavy atom. The Morgan fingerprint density at radius 3 is 2.94 bits per heavy atom. The van der Waals surface area contributed by atoms with Gasteiger partial charge in [-0.1, -0.05) is 0 Å². The summed E-state index contributed by atoms with van der Waals surface area (Å²) >= 11 is 0. The minimum absolute atomic E-state index is 0.0995. The van der Waals surface area contributed by atoms with Crippen molar-refractivity contribution < 1.29 is 19.7 Å². The molecule has 0 radical (unpaired) electrons. The van der Waals surface area contributed by atoms with Crippen molar-refractivity contribution in [2.75, 3.05) is 19.5 Å². The third-order valence-corrected chi connectivity index (χ3v) is 2.89. The number of nitrogen functional groups attached to an aromatic ring is 1. The molecule has 8 heteroatoms.